The zero-order valence-electron chi connectivity index (χ0n) is 8.52. The smallest absolute Gasteiger partial charge is 0.405 e. The number of benzene rings is 1. The molecule has 0 heterocycles. The Labute approximate surface area is 98.2 Å². The molecule has 4 nitrogen and oxygen atoms in total. The molecule has 2 N–H and O–H groups in total. The van der Waals surface area contributed by atoms with E-state index in [1.165, 1.54) is 0 Å². The molecule has 86 valence electrons. The Balaban J connectivity index is 2.70. The summed E-state index contributed by atoms with van der Waals surface area (Å²) >= 11 is 5.41. The monoisotopic (exact) mass is 241 g/mol. The number of carboxylic acid groups (broad SMARTS) is 1. The largest absolute Gasteiger partial charge is 0.465 e. The van der Waals surface area contributed by atoms with Crippen molar-refractivity contribution < 1.29 is 14.7 Å². The molecule has 1 rings (SSSR count). The third-order valence-electron chi connectivity index (χ3n) is 2.10. The van der Waals surface area contributed by atoms with Crippen LogP contribution in [0.3, 0.4) is 0 Å². The molecule has 1 aromatic carbocycles. The van der Waals surface area contributed by atoms with Gasteiger partial charge in [-0.25, -0.2) is 4.79 Å². The Morgan fingerprint density at radius 3 is 2.44 bits per heavy atom. The van der Waals surface area contributed by atoms with Crippen LogP contribution in [0.4, 0.5) is 4.79 Å². The van der Waals surface area contributed by atoms with Gasteiger partial charge in [0.2, 0.25) is 0 Å². The lowest BCUT2D eigenvalue weighted by Crippen LogP contribution is -2.42. The molecule has 0 spiro atoms. The van der Waals surface area contributed by atoms with E-state index in [0.29, 0.717) is 6.42 Å². The van der Waals surface area contributed by atoms with Gasteiger partial charge in [-0.3, -0.25) is 4.79 Å². The first-order valence-electron chi connectivity index (χ1n) is 4.75. The van der Waals surface area contributed by atoms with E-state index in [1.54, 1.807) is 0 Å². The highest BCUT2D eigenvalue weighted by molar-refractivity contribution is 6.28. The molecule has 0 bridgehead atoms. The molecular formula is C11H12ClNO3. The van der Waals surface area contributed by atoms with E-state index < -0.39 is 12.1 Å². The topological polar surface area (TPSA) is 66.4 Å². The zero-order chi connectivity index (χ0) is 12.0. The van der Waals surface area contributed by atoms with Crippen molar-refractivity contribution in [3.05, 3.63) is 35.9 Å². The fraction of sp³-hybridized carbons (Fsp3) is 0.273. The molecule has 0 radical (unpaired) electrons. The van der Waals surface area contributed by atoms with Crippen molar-refractivity contribution in [2.75, 3.05) is 5.88 Å². The lowest BCUT2D eigenvalue weighted by Gasteiger charge is -2.14. The minimum Gasteiger partial charge on any atom is -0.465 e. The van der Waals surface area contributed by atoms with Gasteiger partial charge in [0.25, 0.3) is 0 Å². The molecule has 0 aliphatic heterocycles. The number of alkyl halides is 1. The van der Waals surface area contributed by atoms with Gasteiger partial charge < -0.3 is 10.4 Å². The molecule has 0 aliphatic rings. The van der Waals surface area contributed by atoms with E-state index in [2.05, 4.69) is 5.32 Å². The Morgan fingerprint density at radius 2 is 1.94 bits per heavy atom. The highest BCUT2D eigenvalue weighted by atomic mass is 35.5. The van der Waals surface area contributed by atoms with Crippen LogP contribution < -0.4 is 5.32 Å². The highest BCUT2D eigenvalue weighted by Gasteiger charge is 2.19. The quantitative estimate of drug-likeness (QED) is 0.771. The number of carbonyl (C=O) groups excluding carboxylic acids is 1. The first kappa shape index (κ1) is 12.5. The van der Waals surface area contributed by atoms with E-state index in [9.17, 15) is 9.59 Å². The number of nitrogens with one attached hydrogen (secondary N) is 1. The summed E-state index contributed by atoms with van der Waals surface area (Å²) in [4.78, 5) is 21.9. The van der Waals surface area contributed by atoms with E-state index in [4.69, 9.17) is 16.7 Å². The van der Waals surface area contributed by atoms with Crippen LogP contribution in [0.5, 0.6) is 0 Å². The minimum atomic E-state index is -1.22. The number of ketones is 1. The van der Waals surface area contributed by atoms with Gasteiger partial charge in [-0.2, -0.15) is 0 Å². The molecular weight excluding hydrogens is 230 g/mol. The molecule has 0 fully saturated rings. The van der Waals surface area contributed by atoms with Crippen LogP contribution in [-0.4, -0.2) is 28.9 Å². The fourth-order valence-corrected chi connectivity index (χ4v) is 1.52. The van der Waals surface area contributed by atoms with E-state index in [0.717, 1.165) is 5.56 Å². The van der Waals surface area contributed by atoms with Crippen LogP contribution in [0.25, 0.3) is 0 Å². The number of hydrogen-bond donors (Lipinski definition) is 2. The van der Waals surface area contributed by atoms with E-state index in [1.807, 2.05) is 30.3 Å². The van der Waals surface area contributed by atoms with Crippen molar-refractivity contribution in [2.45, 2.75) is 12.5 Å². The van der Waals surface area contributed by atoms with Crippen LogP contribution in [0.2, 0.25) is 0 Å². The lowest BCUT2D eigenvalue weighted by atomic mass is 10.0. The standard InChI is InChI=1S/C11H12ClNO3/c12-7-10(14)9(13-11(15)16)6-8-4-2-1-3-5-8/h1-5,9,13H,6-7H2,(H,15,16)/t9-/m1/s1. The Morgan fingerprint density at radius 1 is 1.31 bits per heavy atom. The third-order valence-corrected chi connectivity index (χ3v) is 2.36. The van der Waals surface area contributed by atoms with Gasteiger partial charge in [0.1, 0.15) is 0 Å². The summed E-state index contributed by atoms with van der Waals surface area (Å²) in [5.41, 5.74) is 0.889. The number of halogens is 1. The van der Waals surface area contributed by atoms with Crippen molar-refractivity contribution in [2.24, 2.45) is 0 Å². The Hall–Kier alpha value is -1.55. The van der Waals surface area contributed by atoms with Gasteiger partial charge in [-0.15, -0.1) is 11.6 Å². The summed E-state index contributed by atoms with van der Waals surface area (Å²) < 4.78 is 0. The fourth-order valence-electron chi connectivity index (χ4n) is 1.34. The average Bonchev–Trinajstić information content (AvgIpc) is 2.28. The Kier molecular flexibility index (Phi) is 4.79. The second kappa shape index (κ2) is 6.12. The summed E-state index contributed by atoms with van der Waals surface area (Å²) in [6.07, 6.45) is -0.905. The molecule has 16 heavy (non-hydrogen) atoms. The first-order valence-corrected chi connectivity index (χ1v) is 5.29. The maximum Gasteiger partial charge on any atom is 0.405 e. The van der Waals surface area contributed by atoms with Crippen molar-refractivity contribution in [3.63, 3.8) is 0 Å². The summed E-state index contributed by atoms with van der Waals surface area (Å²) in [5.74, 6) is -0.523. The van der Waals surface area contributed by atoms with Gasteiger partial charge in [-0.05, 0) is 12.0 Å². The van der Waals surface area contributed by atoms with E-state index >= 15 is 0 Å². The van der Waals surface area contributed by atoms with Gasteiger partial charge in [-0.1, -0.05) is 30.3 Å². The van der Waals surface area contributed by atoms with Crippen molar-refractivity contribution in [1.82, 2.24) is 5.32 Å². The number of Topliss-reactive ketones (excluding diaryl/α,β-unsaturated/α-hetero) is 1. The number of carbonyl (C=O) groups is 2. The molecule has 0 aromatic heterocycles. The second-order valence-electron chi connectivity index (χ2n) is 3.29. The third kappa shape index (κ3) is 3.90. The lowest BCUT2D eigenvalue weighted by molar-refractivity contribution is -0.118. The van der Waals surface area contributed by atoms with Crippen LogP contribution in [0.1, 0.15) is 5.56 Å². The normalized spacial score (nSPS) is 11.8. The molecule has 0 unspecified atom stereocenters. The van der Waals surface area contributed by atoms with Crippen LogP contribution in [0, 0.1) is 0 Å². The van der Waals surface area contributed by atoms with Crippen molar-refractivity contribution in [1.29, 1.82) is 0 Å². The van der Waals surface area contributed by atoms with Crippen molar-refractivity contribution in [3.8, 4) is 0 Å². The molecule has 1 aromatic rings. The summed E-state index contributed by atoms with van der Waals surface area (Å²) in [5, 5.41) is 10.8. The molecule has 0 aliphatic carbocycles. The number of amides is 1. The number of hydrogen-bond acceptors (Lipinski definition) is 2. The van der Waals surface area contributed by atoms with Crippen LogP contribution in [0.15, 0.2) is 30.3 Å². The van der Waals surface area contributed by atoms with Crippen LogP contribution in [-0.2, 0) is 11.2 Å². The Bertz CT molecular complexity index is 367. The van der Waals surface area contributed by atoms with Gasteiger partial charge >= 0.3 is 6.09 Å². The SMILES string of the molecule is O=C(O)N[C@H](Cc1ccccc1)C(=O)CCl. The highest BCUT2D eigenvalue weighted by Crippen LogP contribution is 2.04. The van der Waals surface area contributed by atoms with Crippen molar-refractivity contribution >= 4 is 23.5 Å². The molecule has 1 amide bonds. The summed E-state index contributed by atoms with van der Waals surface area (Å²) in [6, 6.07) is 8.40. The molecule has 0 saturated heterocycles. The zero-order valence-corrected chi connectivity index (χ0v) is 9.28. The number of rotatable bonds is 5. The van der Waals surface area contributed by atoms with E-state index in [-0.39, 0.29) is 11.7 Å². The molecule has 0 saturated carbocycles. The summed E-state index contributed by atoms with van der Waals surface area (Å²) in [6.45, 7) is 0. The minimum absolute atomic E-state index is 0.197. The first-order chi connectivity index (χ1) is 7.63. The second-order valence-corrected chi connectivity index (χ2v) is 3.56. The molecule has 1 atom stereocenters. The maximum atomic E-state index is 11.4. The summed E-state index contributed by atoms with van der Waals surface area (Å²) in [7, 11) is 0. The molecule has 5 heteroatoms. The predicted octanol–water partition coefficient (Wildman–Crippen LogP) is 1.67. The van der Waals surface area contributed by atoms with Crippen LogP contribution >= 0.6 is 11.6 Å². The van der Waals surface area contributed by atoms with Gasteiger partial charge in [0.15, 0.2) is 5.78 Å². The maximum absolute atomic E-state index is 11.4. The predicted molar refractivity (Wildman–Crippen MR) is 60.8 cm³/mol. The van der Waals surface area contributed by atoms with Gasteiger partial charge in [0, 0.05) is 0 Å². The average molecular weight is 242 g/mol. The van der Waals surface area contributed by atoms with Gasteiger partial charge in [0.05, 0.1) is 11.9 Å².